The van der Waals surface area contributed by atoms with Gasteiger partial charge in [-0.1, -0.05) is 85.2 Å². The highest BCUT2D eigenvalue weighted by Gasteiger charge is 2.44. The van der Waals surface area contributed by atoms with Crippen LogP contribution in [-0.2, 0) is 49.4 Å². The van der Waals surface area contributed by atoms with Gasteiger partial charge in [-0.25, -0.2) is 4.79 Å². The molecule has 1 heterocycles. The summed E-state index contributed by atoms with van der Waals surface area (Å²) in [5, 5.41) is 15.1. The first-order valence-corrected chi connectivity index (χ1v) is 22.4. The molecule has 0 aromatic heterocycles. The summed E-state index contributed by atoms with van der Waals surface area (Å²) in [6.07, 6.45) is 1.18. The fourth-order valence-electron chi connectivity index (χ4n) is 8.63. The van der Waals surface area contributed by atoms with Crippen molar-refractivity contribution in [1.82, 2.24) is 25.3 Å². The highest BCUT2D eigenvalue weighted by Crippen LogP contribution is 2.30. The maximum Gasteiger partial charge on any atom is 0.329 e. The number of carboxylic acids is 1. The third kappa shape index (κ3) is 15.9. The van der Waals surface area contributed by atoms with Crippen LogP contribution in [0, 0.1) is 23.7 Å². The topological polar surface area (TPSA) is 184 Å². The molecule has 1 aliphatic rings. The van der Waals surface area contributed by atoms with Crippen LogP contribution >= 0.6 is 0 Å². The fourth-order valence-corrected chi connectivity index (χ4v) is 8.63. The molecule has 0 radical (unpaired) electrons. The van der Waals surface area contributed by atoms with Crippen molar-refractivity contribution in [2.24, 2.45) is 23.7 Å². The van der Waals surface area contributed by atoms with E-state index in [0.717, 1.165) is 5.56 Å². The van der Waals surface area contributed by atoms with Gasteiger partial charge in [0.15, 0.2) is 0 Å². The van der Waals surface area contributed by atoms with Crippen molar-refractivity contribution in [3.8, 4) is 0 Å². The van der Waals surface area contributed by atoms with Crippen LogP contribution in [0.4, 0.5) is 0 Å². The molecule has 1 saturated heterocycles. The van der Waals surface area contributed by atoms with Crippen LogP contribution in [0.5, 0.6) is 0 Å². The second-order valence-electron chi connectivity index (χ2n) is 18.8. The number of carboxylic acid groups (broad SMARTS) is 1. The van der Waals surface area contributed by atoms with E-state index in [1.165, 1.54) is 14.2 Å². The first kappa shape index (κ1) is 54.1. The first-order chi connectivity index (χ1) is 29.0. The first-order valence-electron chi connectivity index (χ1n) is 22.4. The lowest BCUT2D eigenvalue weighted by molar-refractivity contribution is -0.159. The standard InChI is InChI=1S/C47H79N5O10/c1-15-31(6)41(51(12)45(58)39(29(2)3)49-44(57)40(30(4)5)50(11)25-20-24-38(54)55)36(60-13)28-37(53)52-26-19-23-35(52)42(61-14)32(7)43(56)48-34(46(59)62-47(8,9)10)27-33-21-17-16-18-22-33/h16-18,21-22,29-32,34-36,39-42H,15,19-20,23-28H2,1-14H3,(H,48,56)(H,49,57)(H,54,55)/t31-,32+,34-,35-,36+,39-,40-,41-,42+/m0/s1. The number of aliphatic carboxylic acids is 1. The second-order valence-corrected chi connectivity index (χ2v) is 18.8. The van der Waals surface area contributed by atoms with Gasteiger partial charge < -0.3 is 39.8 Å². The molecule has 0 aliphatic carbocycles. The van der Waals surface area contributed by atoms with Crippen LogP contribution < -0.4 is 10.6 Å². The van der Waals surface area contributed by atoms with E-state index < -0.39 is 71.8 Å². The summed E-state index contributed by atoms with van der Waals surface area (Å²) in [4.78, 5) is 86.3. The van der Waals surface area contributed by atoms with Crippen molar-refractivity contribution in [2.45, 2.75) is 162 Å². The van der Waals surface area contributed by atoms with Crippen LogP contribution in [0.3, 0.4) is 0 Å². The number of nitrogens with zero attached hydrogens (tertiary/aromatic N) is 3. The van der Waals surface area contributed by atoms with Gasteiger partial charge in [-0.15, -0.1) is 0 Å². The van der Waals surface area contributed by atoms with Crippen LogP contribution in [0.2, 0.25) is 0 Å². The van der Waals surface area contributed by atoms with Crippen molar-refractivity contribution >= 4 is 35.6 Å². The van der Waals surface area contributed by atoms with Gasteiger partial charge in [0, 0.05) is 40.7 Å². The monoisotopic (exact) mass is 874 g/mol. The van der Waals surface area contributed by atoms with E-state index in [2.05, 4.69) is 10.6 Å². The van der Waals surface area contributed by atoms with E-state index in [4.69, 9.17) is 19.3 Å². The number of hydrogen-bond acceptors (Lipinski definition) is 10. The summed E-state index contributed by atoms with van der Waals surface area (Å²) in [6, 6.07) is 6.03. The zero-order valence-corrected chi connectivity index (χ0v) is 40.1. The minimum atomic E-state index is -0.943. The molecule has 0 saturated carbocycles. The highest BCUT2D eigenvalue weighted by molar-refractivity contribution is 5.90. The van der Waals surface area contributed by atoms with Crippen LogP contribution in [0.25, 0.3) is 0 Å². The van der Waals surface area contributed by atoms with Crippen molar-refractivity contribution in [3.63, 3.8) is 0 Å². The molecule has 1 aliphatic heterocycles. The Balaban J connectivity index is 2.31. The number of likely N-dealkylation sites (tertiary alicyclic amines) is 1. The molecule has 4 amide bonds. The normalized spacial score (nSPS) is 18.3. The van der Waals surface area contributed by atoms with Gasteiger partial charge in [-0.3, -0.25) is 28.9 Å². The third-order valence-corrected chi connectivity index (χ3v) is 12.1. The molecule has 1 fully saturated rings. The van der Waals surface area contributed by atoms with E-state index in [0.29, 0.717) is 38.8 Å². The molecule has 15 heteroatoms. The predicted octanol–water partition coefficient (Wildman–Crippen LogP) is 4.94. The number of ether oxygens (including phenoxy) is 3. The Kier molecular flexibility index (Phi) is 22.0. The molecule has 9 atom stereocenters. The van der Waals surface area contributed by atoms with E-state index in [9.17, 15) is 28.8 Å². The lowest BCUT2D eigenvalue weighted by atomic mass is 9.89. The molecule has 352 valence electrons. The van der Waals surface area contributed by atoms with Crippen molar-refractivity contribution in [3.05, 3.63) is 35.9 Å². The van der Waals surface area contributed by atoms with Gasteiger partial charge >= 0.3 is 11.9 Å². The van der Waals surface area contributed by atoms with Crippen LogP contribution in [0.1, 0.15) is 113 Å². The molecule has 0 spiro atoms. The highest BCUT2D eigenvalue weighted by atomic mass is 16.6. The zero-order valence-electron chi connectivity index (χ0n) is 40.1. The number of rotatable bonds is 25. The van der Waals surface area contributed by atoms with Crippen molar-refractivity contribution in [2.75, 3.05) is 41.4 Å². The molecular formula is C47H79N5O10. The van der Waals surface area contributed by atoms with Gasteiger partial charge in [0.1, 0.15) is 17.7 Å². The van der Waals surface area contributed by atoms with Crippen molar-refractivity contribution < 1.29 is 48.1 Å². The summed E-state index contributed by atoms with van der Waals surface area (Å²) >= 11 is 0. The molecule has 62 heavy (non-hydrogen) atoms. The molecule has 2 rings (SSSR count). The molecule has 1 aromatic carbocycles. The SMILES string of the molecule is CC[C@H](C)[C@@H]([C@@H](CC(=O)N1CCC[C@H]1[C@H](OC)[C@@H](C)C(=O)N[C@@H](Cc1ccccc1)C(=O)OC(C)(C)C)OC)N(C)C(=O)[C@@H](NC(=O)[C@H](C(C)C)N(C)CCCC(=O)O)C(C)C. The smallest absolute Gasteiger partial charge is 0.329 e. The summed E-state index contributed by atoms with van der Waals surface area (Å²) in [6.45, 7) is 19.5. The van der Waals surface area contributed by atoms with E-state index in [1.54, 1.807) is 51.6 Å². The summed E-state index contributed by atoms with van der Waals surface area (Å²) < 4.78 is 17.7. The van der Waals surface area contributed by atoms with Crippen molar-refractivity contribution in [1.29, 1.82) is 0 Å². The molecule has 0 bridgehead atoms. The zero-order chi connectivity index (χ0) is 47.1. The third-order valence-electron chi connectivity index (χ3n) is 12.1. The number of likely N-dealkylation sites (N-methyl/N-ethyl adjacent to an activating group) is 2. The van der Waals surface area contributed by atoms with Crippen LogP contribution in [-0.4, -0.2) is 145 Å². The Hall–Kier alpha value is -4.08. The van der Waals surface area contributed by atoms with Gasteiger partial charge in [0.25, 0.3) is 0 Å². The maximum atomic E-state index is 14.5. The summed E-state index contributed by atoms with van der Waals surface area (Å²) in [7, 11) is 6.53. The number of methoxy groups -OCH3 is 2. The van der Waals surface area contributed by atoms with Gasteiger partial charge in [0.05, 0.1) is 42.7 Å². The summed E-state index contributed by atoms with van der Waals surface area (Å²) in [5.74, 6) is -3.87. The minimum Gasteiger partial charge on any atom is -0.481 e. The van der Waals surface area contributed by atoms with E-state index in [-0.39, 0.29) is 54.7 Å². The minimum absolute atomic E-state index is 0.0101. The number of carbonyl (C=O) groups excluding carboxylic acids is 5. The summed E-state index contributed by atoms with van der Waals surface area (Å²) in [5.41, 5.74) is 0.104. The average Bonchev–Trinajstić information content (AvgIpc) is 3.68. The fraction of sp³-hybridized carbons (Fsp3) is 0.745. The number of esters is 1. The number of carbonyl (C=O) groups is 6. The lowest BCUT2D eigenvalue weighted by Crippen LogP contribution is -2.60. The molecular weight excluding hydrogens is 795 g/mol. The Morgan fingerprint density at radius 3 is 2.05 bits per heavy atom. The largest absolute Gasteiger partial charge is 0.481 e. The Morgan fingerprint density at radius 2 is 1.53 bits per heavy atom. The van der Waals surface area contributed by atoms with E-state index in [1.807, 2.05) is 76.8 Å². The number of benzene rings is 1. The second kappa shape index (κ2) is 25.3. The van der Waals surface area contributed by atoms with Gasteiger partial charge in [0.2, 0.25) is 23.6 Å². The maximum absolute atomic E-state index is 14.5. The number of hydrogen-bond donors (Lipinski definition) is 3. The number of nitrogens with one attached hydrogen (secondary N) is 2. The average molecular weight is 874 g/mol. The Bertz CT molecular complexity index is 1600. The Labute approximate surface area is 371 Å². The predicted molar refractivity (Wildman–Crippen MR) is 239 cm³/mol. The number of amides is 4. The van der Waals surface area contributed by atoms with Crippen LogP contribution in [0.15, 0.2) is 30.3 Å². The molecule has 15 nitrogen and oxygen atoms in total. The molecule has 0 unspecified atom stereocenters. The van der Waals surface area contributed by atoms with Gasteiger partial charge in [-0.2, -0.15) is 0 Å². The quantitative estimate of drug-likeness (QED) is 0.113. The van der Waals surface area contributed by atoms with Gasteiger partial charge in [-0.05, 0) is 76.9 Å². The van der Waals surface area contributed by atoms with E-state index >= 15 is 0 Å². The molecule has 3 N–H and O–H groups in total. The molecule has 1 aromatic rings. The Morgan fingerprint density at radius 1 is 0.903 bits per heavy atom. The lowest BCUT2D eigenvalue weighted by Gasteiger charge is -2.41.